The zero-order chi connectivity index (χ0) is 19.2. The molecule has 0 aliphatic carbocycles. The summed E-state index contributed by atoms with van der Waals surface area (Å²) in [6.07, 6.45) is -4.40. The van der Waals surface area contributed by atoms with Gasteiger partial charge in [-0.3, -0.25) is 9.69 Å². The molecule has 1 amide bonds. The van der Waals surface area contributed by atoms with Crippen molar-refractivity contribution >= 4 is 5.91 Å². The van der Waals surface area contributed by atoms with E-state index in [2.05, 4.69) is 0 Å². The van der Waals surface area contributed by atoms with E-state index in [0.29, 0.717) is 13.1 Å². The highest BCUT2D eigenvalue weighted by Gasteiger charge is 2.33. The minimum Gasteiger partial charge on any atom is -0.338 e. The number of alkyl halides is 3. The van der Waals surface area contributed by atoms with Gasteiger partial charge >= 0.3 is 6.18 Å². The van der Waals surface area contributed by atoms with Crippen LogP contribution in [0.15, 0.2) is 54.6 Å². The van der Waals surface area contributed by atoms with Gasteiger partial charge in [0.25, 0.3) is 0 Å². The predicted octanol–water partition coefficient (Wildman–Crippen LogP) is 4.19. The molecule has 0 unspecified atom stereocenters. The molecule has 2 aromatic carbocycles. The summed E-state index contributed by atoms with van der Waals surface area (Å²) in [5.41, 5.74) is 0.533. The lowest BCUT2D eigenvalue weighted by atomic mass is 10.1. The number of hydrogen-bond acceptors (Lipinski definition) is 2. The second-order valence-corrected chi connectivity index (χ2v) is 6.22. The number of carbonyl (C=O) groups is 1. The van der Waals surface area contributed by atoms with Crippen molar-refractivity contribution in [3.8, 4) is 0 Å². The fraction of sp³-hybridized carbons (Fsp3) is 0.350. The molecule has 6 heteroatoms. The van der Waals surface area contributed by atoms with Crippen molar-refractivity contribution in [2.24, 2.45) is 0 Å². The van der Waals surface area contributed by atoms with E-state index in [-0.39, 0.29) is 24.6 Å². The third kappa shape index (κ3) is 5.59. The molecule has 0 aromatic heterocycles. The minimum absolute atomic E-state index is 0.0598. The summed E-state index contributed by atoms with van der Waals surface area (Å²) in [6.45, 7) is 3.04. The summed E-state index contributed by atoms with van der Waals surface area (Å²) in [7, 11) is 1.65. The summed E-state index contributed by atoms with van der Waals surface area (Å²) in [5, 5.41) is 0. The van der Waals surface area contributed by atoms with Crippen molar-refractivity contribution in [1.82, 2.24) is 9.80 Å². The Kier molecular flexibility index (Phi) is 6.80. The van der Waals surface area contributed by atoms with Crippen molar-refractivity contribution in [1.29, 1.82) is 0 Å². The third-order valence-electron chi connectivity index (χ3n) is 4.12. The number of benzene rings is 2. The summed E-state index contributed by atoms with van der Waals surface area (Å²) in [4.78, 5) is 15.8. The van der Waals surface area contributed by atoms with Crippen LogP contribution >= 0.6 is 0 Å². The molecule has 140 valence electrons. The van der Waals surface area contributed by atoms with E-state index in [1.54, 1.807) is 22.9 Å². The molecule has 26 heavy (non-hydrogen) atoms. The Morgan fingerprint density at radius 3 is 2.19 bits per heavy atom. The van der Waals surface area contributed by atoms with Crippen LogP contribution in [0.3, 0.4) is 0 Å². The quantitative estimate of drug-likeness (QED) is 0.736. The molecule has 0 radical (unpaired) electrons. The fourth-order valence-electron chi connectivity index (χ4n) is 2.79. The first-order valence-electron chi connectivity index (χ1n) is 8.46. The Balaban J connectivity index is 2.00. The zero-order valence-corrected chi connectivity index (χ0v) is 15.0. The van der Waals surface area contributed by atoms with Crippen molar-refractivity contribution < 1.29 is 18.0 Å². The second kappa shape index (κ2) is 8.85. The molecule has 0 saturated carbocycles. The van der Waals surface area contributed by atoms with Gasteiger partial charge in [0.15, 0.2) is 0 Å². The number of carbonyl (C=O) groups excluding carboxylic acids is 1. The molecule has 2 rings (SSSR count). The molecule has 0 fully saturated rings. The second-order valence-electron chi connectivity index (χ2n) is 6.22. The Bertz CT molecular complexity index is 716. The average molecular weight is 364 g/mol. The molecular formula is C20H23F3N2O. The molecule has 0 aliphatic rings. The number of halogens is 3. The van der Waals surface area contributed by atoms with Crippen LogP contribution in [0, 0.1) is 0 Å². The normalized spacial score (nSPS) is 11.6. The first kappa shape index (κ1) is 20.0. The molecule has 2 aromatic rings. The molecule has 0 spiro atoms. The monoisotopic (exact) mass is 364 g/mol. The largest absolute Gasteiger partial charge is 0.416 e. The molecule has 0 bridgehead atoms. The van der Waals surface area contributed by atoms with Gasteiger partial charge in [0.05, 0.1) is 12.1 Å². The molecule has 0 saturated heterocycles. The topological polar surface area (TPSA) is 23.6 Å². The van der Waals surface area contributed by atoms with Crippen LogP contribution in [0.5, 0.6) is 0 Å². The Hall–Kier alpha value is -2.34. The van der Waals surface area contributed by atoms with Crippen molar-refractivity contribution in [3.05, 3.63) is 71.3 Å². The highest BCUT2D eigenvalue weighted by molar-refractivity contribution is 5.78. The van der Waals surface area contributed by atoms with Crippen molar-refractivity contribution in [3.63, 3.8) is 0 Å². The highest BCUT2D eigenvalue weighted by Crippen LogP contribution is 2.32. The maximum atomic E-state index is 13.1. The van der Waals surface area contributed by atoms with Crippen molar-refractivity contribution in [2.75, 3.05) is 20.1 Å². The Labute approximate surface area is 152 Å². The van der Waals surface area contributed by atoms with Gasteiger partial charge in [-0.15, -0.1) is 0 Å². The van der Waals surface area contributed by atoms with Gasteiger partial charge in [-0.05, 0) is 31.2 Å². The van der Waals surface area contributed by atoms with Crippen LogP contribution in [0.25, 0.3) is 0 Å². The average Bonchev–Trinajstić information content (AvgIpc) is 2.59. The van der Waals surface area contributed by atoms with E-state index in [1.165, 1.54) is 12.1 Å². The lowest BCUT2D eigenvalue weighted by Crippen LogP contribution is -2.38. The molecule has 3 nitrogen and oxygen atoms in total. The summed E-state index contributed by atoms with van der Waals surface area (Å²) in [5.74, 6) is -0.108. The maximum absolute atomic E-state index is 13.1. The predicted molar refractivity (Wildman–Crippen MR) is 95.3 cm³/mol. The number of nitrogens with zero attached hydrogens (tertiary/aromatic N) is 2. The SMILES string of the molecule is CCN(Cc1ccccc1)C(=O)CN(C)Cc1ccccc1C(F)(F)F. The molecule has 0 N–H and O–H groups in total. The maximum Gasteiger partial charge on any atom is 0.416 e. The van der Waals surface area contributed by atoms with Gasteiger partial charge in [-0.1, -0.05) is 48.5 Å². The van der Waals surface area contributed by atoms with E-state index < -0.39 is 11.7 Å². The summed E-state index contributed by atoms with van der Waals surface area (Å²) in [6, 6.07) is 15.1. The molecule has 0 aliphatic heterocycles. The Morgan fingerprint density at radius 1 is 0.962 bits per heavy atom. The van der Waals surface area contributed by atoms with Crippen LogP contribution in [-0.2, 0) is 24.1 Å². The van der Waals surface area contributed by atoms with Crippen LogP contribution in [0.2, 0.25) is 0 Å². The number of rotatable bonds is 7. The van der Waals surface area contributed by atoms with Crippen LogP contribution in [0.4, 0.5) is 13.2 Å². The van der Waals surface area contributed by atoms with Gasteiger partial charge < -0.3 is 4.90 Å². The highest BCUT2D eigenvalue weighted by atomic mass is 19.4. The smallest absolute Gasteiger partial charge is 0.338 e. The van der Waals surface area contributed by atoms with E-state index in [4.69, 9.17) is 0 Å². The van der Waals surface area contributed by atoms with E-state index in [1.807, 2.05) is 37.3 Å². The third-order valence-corrected chi connectivity index (χ3v) is 4.12. The molecular weight excluding hydrogens is 341 g/mol. The fourth-order valence-corrected chi connectivity index (χ4v) is 2.79. The van der Waals surface area contributed by atoms with E-state index in [9.17, 15) is 18.0 Å². The van der Waals surface area contributed by atoms with Crippen LogP contribution in [-0.4, -0.2) is 35.8 Å². The Morgan fingerprint density at radius 2 is 1.58 bits per heavy atom. The van der Waals surface area contributed by atoms with Gasteiger partial charge in [0, 0.05) is 19.6 Å². The minimum atomic E-state index is -4.40. The molecule has 0 heterocycles. The summed E-state index contributed by atoms with van der Waals surface area (Å²) < 4.78 is 39.3. The van der Waals surface area contributed by atoms with Crippen LogP contribution in [0.1, 0.15) is 23.6 Å². The first-order valence-corrected chi connectivity index (χ1v) is 8.46. The van der Waals surface area contributed by atoms with Gasteiger partial charge in [0.1, 0.15) is 0 Å². The van der Waals surface area contributed by atoms with Gasteiger partial charge in [-0.2, -0.15) is 13.2 Å². The van der Waals surface area contributed by atoms with Gasteiger partial charge in [-0.25, -0.2) is 0 Å². The molecule has 0 atom stereocenters. The number of likely N-dealkylation sites (N-methyl/N-ethyl adjacent to an activating group) is 2. The van der Waals surface area contributed by atoms with Gasteiger partial charge in [0.2, 0.25) is 5.91 Å². The zero-order valence-electron chi connectivity index (χ0n) is 15.0. The lowest BCUT2D eigenvalue weighted by Gasteiger charge is -2.25. The lowest BCUT2D eigenvalue weighted by molar-refractivity contribution is -0.138. The number of amides is 1. The van der Waals surface area contributed by atoms with E-state index >= 15 is 0 Å². The van der Waals surface area contributed by atoms with Crippen molar-refractivity contribution in [2.45, 2.75) is 26.2 Å². The van der Waals surface area contributed by atoms with Crippen LogP contribution < -0.4 is 0 Å². The number of hydrogen-bond donors (Lipinski definition) is 0. The summed E-state index contributed by atoms with van der Waals surface area (Å²) >= 11 is 0. The van der Waals surface area contributed by atoms with E-state index in [0.717, 1.165) is 11.6 Å². The first-order chi connectivity index (χ1) is 12.3. The standard InChI is InChI=1S/C20H23F3N2O/c1-3-25(13-16-9-5-4-6-10-16)19(26)15-24(2)14-17-11-7-8-12-18(17)20(21,22)23/h4-12H,3,13-15H2,1-2H3.